The summed E-state index contributed by atoms with van der Waals surface area (Å²) in [5, 5.41) is 31.9. The van der Waals surface area contributed by atoms with Crippen molar-refractivity contribution >= 4 is 17.0 Å². The second-order valence-corrected chi connectivity index (χ2v) is 6.37. The number of hydrogen-bond acceptors (Lipinski definition) is 4. The fourth-order valence-electron chi connectivity index (χ4n) is 3.28. The Morgan fingerprint density at radius 1 is 0.833 bits per heavy atom. The van der Waals surface area contributed by atoms with E-state index >= 15 is 0 Å². The number of halogens is 1. The zero-order valence-electron chi connectivity index (χ0n) is 13.5. The molecular formula is C19H24BrNO3. The van der Waals surface area contributed by atoms with Gasteiger partial charge in [-0.25, -0.2) is 0 Å². The van der Waals surface area contributed by atoms with Gasteiger partial charge in [-0.3, -0.25) is 0 Å². The zero-order chi connectivity index (χ0) is 16.2. The summed E-state index contributed by atoms with van der Waals surface area (Å²) in [7, 11) is 0. The molecule has 1 heterocycles. The van der Waals surface area contributed by atoms with Crippen molar-refractivity contribution in [3.05, 3.63) is 53.6 Å². The summed E-state index contributed by atoms with van der Waals surface area (Å²) in [5.74, 6) is 0.189. The van der Waals surface area contributed by atoms with Gasteiger partial charge in [-0.05, 0) is 67.5 Å². The Balaban J connectivity index is 0.00000208. The Bertz CT molecular complexity index is 660. The third-order valence-corrected chi connectivity index (χ3v) is 4.57. The molecule has 0 bridgehead atoms. The van der Waals surface area contributed by atoms with Gasteiger partial charge in [-0.15, -0.1) is 17.0 Å². The predicted molar refractivity (Wildman–Crippen MR) is 100 cm³/mol. The molecule has 130 valence electrons. The number of aromatic hydroxyl groups is 3. The van der Waals surface area contributed by atoms with E-state index in [2.05, 4.69) is 5.32 Å². The van der Waals surface area contributed by atoms with Gasteiger partial charge < -0.3 is 20.6 Å². The van der Waals surface area contributed by atoms with Gasteiger partial charge in [0.05, 0.1) is 0 Å². The van der Waals surface area contributed by atoms with E-state index in [1.165, 1.54) is 5.56 Å². The summed E-state index contributed by atoms with van der Waals surface area (Å²) < 4.78 is 0. The molecule has 24 heavy (non-hydrogen) atoms. The lowest BCUT2D eigenvalue weighted by atomic mass is 10.0. The summed E-state index contributed by atoms with van der Waals surface area (Å²) in [6.45, 7) is 0. The summed E-state index contributed by atoms with van der Waals surface area (Å²) in [5.41, 5.74) is 2.29. The smallest absolute Gasteiger partial charge is 0.157 e. The number of hydrogen-bond donors (Lipinski definition) is 4. The average Bonchev–Trinajstić information content (AvgIpc) is 2.98. The molecule has 0 aromatic heterocycles. The zero-order valence-corrected chi connectivity index (χ0v) is 15.2. The van der Waals surface area contributed by atoms with E-state index in [4.69, 9.17) is 0 Å². The lowest BCUT2D eigenvalue weighted by Crippen LogP contribution is -2.31. The molecule has 1 aliphatic heterocycles. The highest BCUT2D eigenvalue weighted by atomic mass is 79.9. The highest BCUT2D eigenvalue weighted by molar-refractivity contribution is 8.93. The Morgan fingerprint density at radius 2 is 1.50 bits per heavy atom. The van der Waals surface area contributed by atoms with Crippen LogP contribution < -0.4 is 5.32 Å². The van der Waals surface area contributed by atoms with Crippen LogP contribution in [-0.4, -0.2) is 27.4 Å². The second kappa shape index (κ2) is 8.40. The monoisotopic (exact) mass is 393 g/mol. The molecule has 0 unspecified atom stereocenters. The van der Waals surface area contributed by atoms with Crippen molar-refractivity contribution in [3.8, 4) is 17.2 Å². The van der Waals surface area contributed by atoms with E-state index in [0.717, 1.165) is 37.7 Å². The Hall–Kier alpha value is -1.72. The maximum absolute atomic E-state index is 9.57. The Labute approximate surface area is 152 Å². The first-order valence-electron chi connectivity index (χ1n) is 8.15. The van der Waals surface area contributed by atoms with Gasteiger partial charge in [0, 0.05) is 12.1 Å². The molecule has 4 nitrogen and oxygen atoms in total. The van der Waals surface area contributed by atoms with Crippen LogP contribution in [0.3, 0.4) is 0 Å². The van der Waals surface area contributed by atoms with E-state index in [1.807, 2.05) is 18.2 Å². The predicted octanol–water partition coefficient (Wildman–Crippen LogP) is 3.68. The van der Waals surface area contributed by atoms with Crippen LogP contribution in [0.4, 0.5) is 0 Å². The van der Waals surface area contributed by atoms with Gasteiger partial charge in [-0.1, -0.05) is 18.2 Å². The SMILES string of the molecule is Br.Oc1ccc(CC[C@@H]2CC[C@@H](Cc3ccc(O)c(O)c3)N2)cc1. The lowest BCUT2D eigenvalue weighted by molar-refractivity contribution is 0.402. The standard InChI is InChI=1S/C19H23NO3.BrH/c21-17-8-2-13(3-9-17)1-5-15-6-7-16(20-15)11-14-4-10-18(22)19(23)12-14;/h2-4,8-10,12,15-16,20-23H,1,5-7,11H2;1H/t15-,16+;/m1./s1. The van der Waals surface area contributed by atoms with Gasteiger partial charge in [0.1, 0.15) is 5.75 Å². The van der Waals surface area contributed by atoms with Gasteiger partial charge >= 0.3 is 0 Å². The summed E-state index contributed by atoms with van der Waals surface area (Å²) in [6.07, 6.45) is 5.24. The van der Waals surface area contributed by atoms with Crippen LogP contribution >= 0.6 is 17.0 Å². The van der Waals surface area contributed by atoms with Crippen molar-refractivity contribution in [1.29, 1.82) is 0 Å². The molecule has 1 aliphatic rings. The summed E-state index contributed by atoms with van der Waals surface area (Å²) in [4.78, 5) is 0. The van der Waals surface area contributed by atoms with Crippen LogP contribution in [0.15, 0.2) is 42.5 Å². The molecule has 1 fully saturated rings. The molecule has 0 amide bonds. The van der Waals surface area contributed by atoms with Crippen molar-refractivity contribution in [2.24, 2.45) is 0 Å². The molecular weight excluding hydrogens is 370 g/mol. The summed E-state index contributed by atoms with van der Waals surface area (Å²) >= 11 is 0. The minimum atomic E-state index is -0.0695. The normalized spacial score (nSPS) is 19.8. The van der Waals surface area contributed by atoms with Crippen LogP contribution in [0, 0.1) is 0 Å². The maximum Gasteiger partial charge on any atom is 0.157 e. The van der Waals surface area contributed by atoms with Gasteiger partial charge in [-0.2, -0.15) is 0 Å². The number of benzene rings is 2. The first kappa shape index (κ1) is 18.6. The fraction of sp³-hybridized carbons (Fsp3) is 0.368. The number of rotatable bonds is 5. The van der Waals surface area contributed by atoms with Gasteiger partial charge in [0.2, 0.25) is 0 Å². The molecule has 0 radical (unpaired) electrons. The Morgan fingerprint density at radius 3 is 2.21 bits per heavy atom. The first-order chi connectivity index (χ1) is 11.1. The quantitative estimate of drug-likeness (QED) is 0.584. The third-order valence-electron chi connectivity index (χ3n) is 4.57. The third kappa shape index (κ3) is 4.89. The second-order valence-electron chi connectivity index (χ2n) is 6.37. The van der Waals surface area contributed by atoms with Crippen LogP contribution in [0.2, 0.25) is 0 Å². The number of nitrogens with one attached hydrogen (secondary N) is 1. The van der Waals surface area contributed by atoms with Gasteiger partial charge in [0.15, 0.2) is 11.5 Å². The van der Waals surface area contributed by atoms with E-state index in [9.17, 15) is 15.3 Å². The van der Waals surface area contributed by atoms with Crippen molar-refractivity contribution in [1.82, 2.24) is 5.32 Å². The number of phenolic OH excluding ortho intramolecular Hbond substituents is 3. The summed E-state index contributed by atoms with van der Waals surface area (Å²) in [6, 6.07) is 13.4. The molecule has 0 spiro atoms. The Kier molecular flexibility index (Phi) is 6.52. The molecule has 2 aromatic rings. The van der Waals surface area contributed by atoms with Gasteiger partial charge in [0.25, 0.3) is 0 Å². The molecule has 2 aromatic carbocycles. The first-order valence-corrected chi connectivity index (χ1v) is 8.15. The van der Waals surface area contributed by atoms with E-state index in [1.54, 1.807) is 24.3 Å². The van der Waals surface area contributed by atoms with Crippen LogP contribution in [0.25, 0.3) is 0 Å². The largest absolute Gasteiger partial charge is 0.508 e. The molecule has 2 atom stereocenters. The van der Waals surface area contributed by atoms with Crippen LogP contribution in [0.5, 0.6) is 17.2 Å². The molecule has 5 heteroatoms. The van der Waals surface area contributed by atoms with Crippen molar-refractivity contribution in [2.75, 3.05) is 0 Å². The number of phenols is 3. The lowest BCUT2D eigenvalue weighted by Gasteiger charge is -2.15. The molecule has 0 aliphatic carbocycles. The van der Waals surface area contributed by atoms with Crippen LogP contribution in [-0.2, 0) is 12.8 Å². The molecule has 4 N–H and O–H groups in total. The van der Waals surface area contributed by atoms with E-state index in [0.29, 0.717) is 17.8 Å². The van der Waals surface area contributed by atoms with E-state index < -0.39 is 0 Å². The van der Waals surface area contributed by atoms with Crippen LogP contribution in [0.1, 0.15) is 30.4 Å². The van der Waals surface area contributed by atoms with Crippen molar-refractivity contribution < 1.29 is 15.3 Å². The fourth-order valence-corrected chi connectivity index (χ4v) is 3.28. The van der Waals surface area contributed by atoms with Crippen molar-refractivity contribution in [3.63, 3.8) is 0 Å². The molecule has 1 saturated heterocycles. The average molecular weight is 394 g/mol. The number of aryl methyl sites for hydroxylation is 1. The highest BCUT2D eigenvalue weighted by Gasteiger charge is 2.23. The minimum absolute atomic E-state index is 0. The maximum atomic E-state index is 9.57. The minimum Gasteiger partial charge on any atom is -0.508 e. The highest BCUT2D eigenvalue weighted by Crippen LogP contribution is 2.27. The van der Waals surface area contributed by atoms with Crippen molar-refractivity contribution in [2.45, 2.75) is 44.2 Å². The topological polar surface area (TPSA) is 72.7 Å². The molecule has 0 saturated carbocycles. The molecule has 3 rings (SSSR count). The van der Waals surface area contributed by atoms with E-state index in [-0.39, 0.29) is 28.5 Å².